The highest BCUT2D eigenvalue weighted by molar-refractivity contribution is 5.50. The van der Waals surface area contributed by atoms with Gasteiger partial charge < -0.3 is 9.47 Å². The average molecular weight is 238 g/mol. The van der Waals surface area contributed by atoms with E-state index in [-0.39, 0.29) is 0 Å². The van der Waals surface area contributed by atoms with E-state index in [0.717, 1.165) is 6.42 Å². The Morgan fingerprint density at radius 3 is 1.78 bits per heavy atom. The number of rotatable bonds is 0. The van der Waals surface area contributed by atoms with Crippen molar-refractivity contribution in [3.05, 3.63) is 70.8 Å². The lowest BCUT2D eigenvalue weighted by atomic mass is 9.81. The molecule has 4 rings (SSSR count). The molecule has 2 aromatic rings. The van der Waals surface area contributed by atoms with Crippen molar-refractivity contribution in [2.75, 3.05) is 13.2 Å². The van der Waals surface area contributed by atoms with Crippen LogP contribution in [0.3, 0.4) is 0 Å². The molecule has 90 valence electrons. The Labute approximate surface area is 106 Å². The summed E-state index contributed by atoms with van der Waals surface area (Å²) < 4.78 is 12.0. The van der Waals surface area contributed by atoms with Gasteiger partial charge in [-0.25, -0.2) is 0 Å². The van der Waals surface area contributed by atoms with Crippen LogP contribution in [0.5, 0.6) is 0 Å². The number of benzene rings is 2. The summed E-state index contributed by atoms with van der Waals surface area (Å²) in [5.41, 5.74) is 4.94. The van der Waals surface area contributed by atoms with Crippen LogP contribution >= 0.6 is 0 Å². The second kappa shape index (κ2) is 3.67. The van der Waals surface area contributed by atoms with E-state index in [2.05, 4.69) is 48.5 Å². The predicted molar refractivity (Wildman–Crippen MR) is 68.4 cm³/mol. The molecule has 2 heteroatoms. The van der Waals surface area contributed by atoms with E-state index in [1.807, 2.05) is 0 Å². The highest BCUT2D eigenvalue weighted by atomic mass is 16.7. The third-order valence-electron chi connectivity index (χ3n) is 3.82. The zero-order valence-electron chi connectivity index (χ0n) is 10.1. The second-order valence-corrected chi connectivity index (χ2v) is 4.80. The Bertz CT molecular complexity index is 550. The molecular weight excluding hydrogens is 224 g/mol. The molecule has 1 spiro atoms. The molecule has 1 fully saturated rings. The zero-order chi connectivity index (χ0) is 12.0. The van der Waals surface area contributed by atoms with E-state index in [9.17, 15) is 0 Å². The summed E-state index contributed by atoms with van der Waals surface area (Å²) in [5, 5.41) is 0. The van der Waals surface area contributed by atoms with Crippen LogP contribution in [0.2, 0.25) is 0 Å². The summed E-state index contributed by atoms with van der Waals surface area (Å²) >= 11 is 0. The van der Waals surface area contributed by atoms with Crippen molar-refractivity contribution in [1.29, 1.82) is 0 Å². The Morgan fingerprint density at radius 2 is 1.22 bits per heavy atom. The summed E-state index contributed by atoms with van der Waals surface area (Å²) in [4.78, 5) is 0. The maximum Gasteiger partial charge on any atom is 0.223 e. The van der Waals surface area contributed by atoms with Crippen molar-refractivity contribution in [1.82, 2.24) is 0 Å². The van der Waals surface area contributed by atoms with E-state index in [0.29, 0.717) is 13.2 Å². The summed E-state index contributed by atoms with van der Waals surface area (Å²) in [6.45, 7) is 1.31. The van der Waals surface area contributed by atoms with Crippen LogP contribution in [0.15, 0.2) is 48.5 Å². The minimum absolute atomic E-state index is 0.655. The summed E-state index contributed by atoms with van der Waals surface area (Å²) in [5.74, 6) is -0.661. The number of ether oxygens (including phenoxy) is 2. The Kier molecular flexibility index (Phi) is 2.10. The van der Waals surface area contributed by atoms with Gasteiger partial charge in [-0.15, -0.1) is 0 Å². The SMILES string of the molecule is c1ccc2c(c1)Cc1ccccc1C21OCCO1. The fraction of sp³-hybridized carbons (Fsp3) is 0.250. The third kappa shape index (κ3) is 1.25. The van der Waals surface area contributed by atoms with Crippen molar-refractivity contribution in [3.63, 3.8) is 0 Å². The molecule has 0 radical (unpaired) electrons. The van der Waals surface area contributed by atoms with Crippen molar-refractivity contribution in [2.24, 2.45) is 0 Å². The molecule has 18 heavy (non-hydrogen) atoms. The van der Waals surface area contributed by atoms with Gasteiger partial charge in [-0.1, -0.05) is 48.5 Å². The van der Waals surface area contributed by atoms with E-state index in [1.165, 1.54) is 22.3 Å². The van der Waals surface area contributed by atoms with Gasteiger partial charge in [0.2, 0.25) is 5.79 Å². The first-order chi connectivity index (χ1) is 8.90. The summed E-state index contributed by atoms with van der Waals surface area (Å²) in [7, 11) is 0. The molecular formula is C16H14O2. The summed E-state index contributed by atoms with van der Waals surface area (Å²) in [6.07, 6.45) is 0.959. The molecule has 1 saturated heterocycles. The molecule has 2 aromatic carbocycles. The zero-order valence-corrected chi connectivity index (χ0v) is 10.1. The maximum absolute atomic E-state index is 6.01. The normalized spacial score (nSPS) is 19.6. The van der Waals surface area contributed by atoms with Crippen molar-refractivity contribution in [3.8, 4) is 0 Å². The Morgan fingerprint density at radius 1 is 0.722 bits per heavy atom. The molecule has 1 heterocycles. The minimum atomic E-state index is -0.661. The van der Waals surface area contributed by atoms with Crippen LogP contribution in [-0.4, -0.2) is 13.2 Å². The molecule has 0 aromatic heterocycles. The molecule has 0 saturated carbocycles. The van der Waals surface area contributed by atoms with E-state index in [1.54, 1.807) is 0 Å². The first kappa shape index (κ1) is 10.3. The van der Waals surface area contributed by atoms with Gasteiger partial charge in [0.15, 0.2) is 0 Å². The van der Waals surface area contributed by atoms with E-state index < -0.39 is 5.79 Å². The number of hydrogen-bond acceptors (Lipinski definition) is 2. The Hall–Kier alpha value is -1.64. The molecule has 1 aliphatic carbocycles. The van der Waals surface area contributed by atoms with Crippen molar-refractivity contribution < 1.29 is 9.47 Å². The highest BCUT2D eigenvalue weighted by Gasteiger charge is 2.45. The van der Waals surface area contributed by atoms with Gasteiger partial charge in [0, 0.05) is 11.1 Å². The molecule has 0 amide bonds. The van der Waals surface area contributed by atoms with Crippen molar-refractivity contribution in [2.45, 2.75) is 12.2 Å². The quantitative estimate of drug-likeness (QED) is 0.702. The lowest BCUT2D eigenvalue weighted by Gasteiger charge is -2.35. The van der Waals surface area contributed by atoms with Crippen LogP contribution in [0.25, 0.3) is 0 Å². The van der Waals surface area contributed by atoms with Gasteiger partial charge in [-0.2, -0.15) is 0 Å². The van der Waals surface area contributed by atoms with Crippen LogP contribution in [0.4, 0.5) is 0 Å². The Balaban J connectivity index is 2.01. The van der Waals surface area contributed by atoms with Crippen LogP contribution in [0, 0.1) is 0 Å². The lowest BCUT2D eigenvalue weighted by molar-refractivity contribution is -0.132. The molecule has 0 bridgehead atoms. The van der Waals surface area contributed by atoms with Gasteiger partial charge >= 0.3 is 0 Å². The number of hydrogen-bond donors (Lipinski definition) is 0. The largest absolute Gasteiger partial charge is 0.340 e. The van der Waals surface area contributed by atoms with E-state index in [4.69, 9.17) is 9.47 Å². The van der Waals surface area contributed by atoms with Gasteiger partial charge in [-0.05, 0) is 17.5 Å². The minimum Gasteiger partial charge on any atom is -0.340 e. The van der Waals surface area contributed by atoms with E-state index >= 15 is 0 Å². The van der Waals surface area contributed by atoms with Crippen LogP contribution in [0.1, 0.15) is 22.3 Å². The molecule has 0 atom stereocenters. The highest BCUT2D eigenvalue weighted by Crippen LogP contribution is 2.45. The second-order valence-electron chi connectivity index (χ2n) is 4.80. The first-order valence-electron chi connectivity index (χ1n) is 6.35. The molecule has 2 aliphatic rings. The molecule has 0 unspecified atom stereocenters. The van der Waals surface area contributed by atoms with Gasteiger partial charge in [0.25, 0.3) is 0 Å². The van der Waals surface area contributed by atoms with Gasteiger partial charge in [-0.3, -0.25) is 0 Å². The maximum atomic E-state index is 6.01. The summed E-state index contributed by atoms with van der Waals surface area (Å²) in [6, 6.07) is 16.8. The van der Waals surface area contributed by atoms with Crippen LogP contribution in [-0.2, 0) is 21.7 Å². The van der Waals surface area contributed by atoms with Crippen molar-refractivity contribution >= 4 is 0 Å². The molecule has 2 nitrogen and oxygen atoms in total. The average Bonchev–Trinajstić information content (AvgIpc) is 2.90. The predicted octanol–water partition coefficient (Wildman–Crippen LogP) is 2.84. The van der Waals surface area contributed by atoms with Gasteiger partial charge in [0.1, 0.15) is 0 Å². The number of fused-ring (bicyclic) bond motifs is 4. The third-order valence-corrected chi connectivity index (χ3v) is 3.82. The fourth-order valence-electron chi connectivity index (χ4n) is 3.06. The smallest absolute Gasteiger partial charge is 0.223 e. The lowest BCUT2D eigenvalue weighted by Crippen LogP contribution is -2.34. The standard InChI is InChI=1S/C16H14O2/c1-3-7-14-12(5-1)11-13-6-2-4-8-15(13)16(14)17-9-10-18-16/h1-8H,9-11H2. The molecule has 1 aliphatic heterocycles. The molecule has 0 N–H and O–H groups in total. The van der Waals surface area contributed by atoms with Gasteiger partial charge in [0.05, 0.1) is 13.2 Å². The first-order valence-corrected chi connectivity index (χ1v) is 6.35. The topological polar surface area (TPSA) is 18.5 Å². The van der Waals surface area contributed by atoms with Crippen LogP contribution < -0.4 is 0 Å². The fourth-order valence-corrected chi connectivity index (χ4v) is 3.06. The monoisotopic (exact) mass is 238 g/mol.